The zero-order valence-corrected chi connectivity index (χ0v) is 19.0. The van der Waals surface area contributed by atoms with Crippen molar-refractivity contribution in [3.63, 3.8) is 0 Å². The van der Waals surface area contributed by atoms with Crippen LogP contribution in [0, 0.1) is 12.3 Å². The molecule has 2 aromatic rings. The van der Waals surface area contributed by atoms with E-state index in [1.54, 1.807) is 25.4 Å². The summed E-state index contributed by atoms with van der Waals surface area (Å²) in [5.41, 5.74) is 10.9. The number of anilines is 1. The second-order valence-electron chi connectivity index (χ2n) is 9.21. The number of nitrogens with two attached hydrogens (primary N) is 1. The number of benzene rings is 1. The van der Waals surface area contributed by atoms with Crippen LogP contribution in [0.15, 0.2) is 71.5 Å². The molecule has 0 amide bonds. The molecule has 0 spiro atoms. The fourth-order valence-electron chi connectivity index (χ4n) is 4.69. The lowest BCUT2D eigenvalue weighted by Crippen LogP contribution is -2.43. The fourth-order valence-corrected chi connectivity index (χ4v) is 4.69. The average Bonchev–Trinajstić information content (AvgIpc) is 2.74. The van der Waals surface area contributed by atoms with Crippen molar-refractivity contribution >= 4 is 17.4 Å². The Morgan fingerprint density at radius 2 is 1.94 bits per heavy atom. The number of rotatable bonds is 4. The van der Waals surface area contributed by atoms with Gasteiger partial charge in [-0.3, -0.25) is 14.7 Å². The van der Waals surface area contributed by atoms with Gasteiger partial charge in [-0.15, -0.1) is 0 Å². The number of pyridine rings is 1. The summed E-state index contributed by atoms with van der Waals surface area (Å²) >= 11 is 0. The van der Waals surface area contributed by atoms with E-state index in [1.165, 1.54) is 0 Å². The molecular weight excluding hydrogens is 402 g/mol. The van der Waals surface area contributed by atoms with Crippen LogP contribution in [-0.2, 0) is 14.3 Å². The highest BCUT2D eigenvalue weighted by Crippen LogP contribution is 2.50. The van der Waals surface area contributed by atoms with Crippen LogP contribution in [0.4, 0.5) is 5.69 Å². The lowest BCUT2D eigenvalue weighted by Gasteiger charge is -2.44. The largest absolute Gasteiger partial charge is 0.463 e. The van der Waals surface area contributed by atoms with Gasteiger partial charge in [0.25, 0.3) is 0 Å². The van der Waals surface area contributed by atoms with Crippen molar-refractivity contribution in [3.05, 3.63) is 82.6 Å². The lowest BCUT2D eigenvalue weighted by atomic mass is 9.68. The molecule has 1 aliphatic carbocycles. The van der Waals surface area contributed by atoms with Gasteiger partial charge in [-0.05, 0) is 49.4 Å². The Balaban J connectivity index is 2.01. The molecule has 0 fully saturated rings. The van der Waals surface area contributed by atoms with Crippen molar-refractivity contribution in [3.8, 4) is 0 Å². The summed E-state index contributed by atoms with van der Waals surface area (Å²) in [6, 6.07) is 11.6. The van der Waals surface area contributed by atoms with Crippen LogP contribution in [0.25, 0.3) is 0 Å². The number of nitrogens with zero attached hydrogens (tertiary/aromatic N) is 2. The molecule has 1 aromatic heterocycles. The third kappa shape index (κ3) is 3.81. The van der Waals surface area contributed by atoms with E-state index in [-0.39, 0.29) is 23.4 Å². The topological polar surface area (TPSA) is 85.5 Å². The van der Waals surface area contributed by atoms with E-state index in [1.807, 2.05) is 42.2 Å². The van der Waals surface area contributed by atoms with Crippen LogP contribution in [0.2, 0.25) is 0 Å². The normalized spacial score (nSPS) is 20.3. The first-order valence-electron chi connectivity index (χ1n) is 10.9. The summed E-state index contributed by atoms with van der Waals surface area (Å²) in [6.45, 7) is 8.16. The minimum atomic E-state index is -0.608. The lowest BCUT2D eigenvalue weighted by molar-refractivity contribution is -0.138. The highest BCUT2D eigenvalue weighted by atomic mass is 16.5. The van der Waals surface area contributed by atoms with E-state index in [0.29, 0.717) is 24.2 Å². The van der Waals surface area contributed by atoms with Crippen molar-refractivity contribution in [1.82, 2.24) is 4.98 Å². The van der Waals surface area contributed by atoms with E-state index in [9.17, 15) is 9.59 Å². The smallest absolute Gasteiger partial charge is 0.338 e. The zero-order chi connectivity index (χ0) is 23.0. The van der Waals surface area contributed by atoms with Crippen LogP contribution in [0.1, 0.15) is 50.7 Å². The Morgan fingerprint density at radius 3 is 2.56 bits per heavy atom. The third-order valence-corrected chi connectivity index (χ3v) is 6.07. The van der Waals surface area contributed by atoms with Gasteiger partial charge in [0, 0.05) is 35.8 Å². The molecule has 0 bridgehead atoms. The van der Waals surface area contributed by atoms with Crippen molar-refractivity contribution < 1.29 is 14.3 Å². The van der Waals surface area contributed by atoms with Crippen LogP contribution < -0.4 is 10.6 Å². The number of hydrogen-bond donors (Lipinski definition) is 1. The molecule has 32 heavy (non-hydrogen) atoms. The van der Waals surface area contributed by atoms with Crippen LogP contribution in [0.5, 0.6) is 0 Å². The quantitative estimate of drug-likeness (QED) is 0.724. The molecule has 2 heterocycles. The van der Waals surface area contributed by atoms with Gasteiger partial charge >= 0.3 is 5.97 Å². The van der Waals surface area contributed by atoms with Crippen molar-refractivity contribution in [2.24, 2.45) is 11.1 Å². The Kier molecular flexibility index (Phi) is 5.63. The molecule has 1 atom stereocenters. The highest BCUT2D eigenvalue weighted by Gasteiger charge is 2.46. The monoisotopic (exact) mass is 431 g/mol. The third-order valence-electron chi connectivity index (χ3n) is 6.07. The summed E-state index contributed by atoms with van der Waals surface area (Å²) < 4.78 is 5.40. The number of allylic oxidation sites excluding steroid dienone is 2. The number of carbonyl (C=O) groups excluding carboxylic acids is 2. The molecule has 0 radical (unpaired) electrons. The number of ketones is 1. The molecule has 6 nitrogen and oxygen atoms in total. The minimum Gasteiger partial charge on any atom is -0.463 e. The number of esters is 1. The number of hydrogen-bond acceptors (Lipinski definition) is 6. The standard InChI is InChI=1S/C26H29N3O3/c1-5-32-25(31)23-21(17-7-6-12-28-15-17)22-19(13-26(3,4)14-20(22)30)29(24(23)27)18-10-8-16(2)9-11-18/h6-12,15,21H,5,13-14,27H2,1-4H3. The van der Waals surface area contributed by atoms with Gasteiger partial charge in [-0.2, -0.15) is 0 Å². The summed E-state index contributed by atoms with van der Waals surface area (Å²) in [5, 5.41) is 0. The SMILES string of the molecule is CCOC(=O)C1=C(N)N(c2ccc(C)cc2)C2=C(C(=O)CC(C)(C)C2)C1c1cccnc1. The fraction of sp³-hybridized carbons (Fsp3) is 0.346. The van der Waals surface area contributed by atoms with Gasteiger partial charge in [-0.1, -0.05) is 37.6 Å². The molecule has 4 rings (SSSR count). The van der Waals surface area contributed by atoms with Crippen LogP contribution in [-0.4, -0.2) is 23.3 Å². The predicted molar refractivity (Wildman–Crippen MR) is 124 cm³/mol. The average molecular weight is 432 g/mol. The summed E-state index contributed by atoms with van der Waals surface area (Å²) in [5.74, 6) is -0.801. The number of Topliss-reactive ketones (excluding diaryl/α,β-unsaturated/α-hetero) is 1. The van der Waals surface area contributed by atoms with E-state index in [2.05, 4.69) is 18.8 Å². The maximum Gasteiger partial charge on any atom is 0.338 e. The molecule has 1 unspecified atom stereocenters. The van der Waals surface area contributed by atoms with Gasteiger partial charge in [0.05, 0.1) is 18.1 Å². The van der Waals surface area contributed by atoms with Crippen molar-refractivity contribution in [2.75, 3.05) is 11.5 Å². The van der Waals surface area contributed by atoms with Crippen molar-refractivity contribution in [1.29, 1.82) is 0 Å². The number of carbonyl (C=O) groups is 2. The van der Waals surface area contributed by atoms with E-state index in [0.717, 1.165) is 22.5 Å². The first-order chi connectivity index (χ1) is 15.2. The molecule has 6 heteroatoms. The van der Waals surface area contributed by atoms with Gasteiger partial charge < -0.3 is 10.5 Å². The second kappa shape index (κ2) is 8.26. The first-order valence-corrected chi connectivity index (χ1v) is 10.9. The molecule has 0 saturated heterocycles. The Hall–Kier alpha value is -3.41. The van der Waals surface area contributed by atoms with Gasteiger partial charge in [0.1, 0.15) is 5.82 Å². The predicted octanol–water partition coefficient (Wildman–Crippen LogP) is 4.37. The number of aromatic nitrogens is 1. The Bertz CT molecular complexity index is 1110. The first kappa shape index (κ1) is 21.8. The Morgan fingerprint density at radius 1 is 1.22 bits per heavy atom. The molecule has 1 aliphatic heterocycles. The molecular formula is C26H29N3O3. The van der Waals surface area contributed by atoms with E-state index in [4.69, 9.17) is 10.5 Å². The number of aryl methyl sites for hydroxylation is 1. The molecule has 2 aliphatic rings. The van der Waals surface area contributed by atoms with Crippen molar-refractivity contribution in [2.45, 2.75) is 46.5 Å². The second-order valence-corrected chi connectivity index (χ2v) is 9.21. The van der Waals surface area contributed by atoms with Crippen LogP contribution >= 0.6 is 0 Å². The van der Waals surface area contributed by atoms with Crippen LogP contribution in [0.3, 0.4) is 0 Å². The summed E-state index contributed by atoms with van der Waals surface area (Å²) in [6.07, 6.45) is 4.43. The summed E-state index contributed by atoms with van der Waals surface area (Å²) in [4.78, 5) is 32.9. The molecule has 0 saturated carbocycles. The molecule has 166 valence electrons. The maximum absolute atomic E-state index is 13.6. The summed E-state index contributed by atoms with van der Waals surface area (Å²) in [7, 11) is 0. The highest BCUT2D eigenvalue weighted by molar-refractivity contribution is 6.05. The molecule has 1 aromatic carbocycles. The maximum atomic E-state index is 13.6. The van der Waals surface area contributed by atoms with Gasteiger partial charge in [0.15, 0.2) is 5.78 Å². The Labute approximate surface area is 188 Å². The molecule has 2 N–H and O–H groups in total. The van der Waals surface area contributed by atoms with E-state index < -0.39 is 11.9 Å². The number of ether oxygens (including phenoxy) is 1. The van der Waals surface area contributed by atoms with Gasteiger partial charge in [-0.25, -0.2) is 4.79 Å². The zero-order valence-electron chi connectivity index (χ0n) is 19.0. The van der Waals surface area contributed by atoms with Gasteiger partial charge in [0.2, 0.25) is 0 Å². The minimum absolute atomic E-state index is 0.0245. The van der Waals surface area contributed by atoms with E-state index >= 15 is 0 Å².